The Morgan fingerprint density at radius 2 is 1.95 bits per heavy atom. The highest BCUT2D eigenvalue weighted by Crippen LogP contribution is 2.40. The summed E-state index contributed by atoms with van der Waals surface area (Å²) < 4.78 is 4.83. The molecule has 0 radical (unpaired) electrons. The minimum Gasteiger partial charge on any atom is -0.466 e. The molecule has 0 saturated carbocycles. The van der Waals surface area contributed by atoms with E-state index >= 15 is 0 Å². The molecular weight excluding hydrogens is 283 g/mol. The summed E-state index contributed by atoms with van der Waals surface area (Å²) in [6, 6.07) is 5.33. The van der Waals surface area contributed by atoms with Gasteiger partial charge in [-0.2, -0.15) is 0 Å². The topological polar surface area (TPSA) is 26.3 Å². The number of allylic oxidation sites excluding steroid dienone is 3. The summed E-state index contributed by atoms with van der Waals surface area (Å²) in [4.78, 5) is 11.9. The van der Waals surface area contributed by atoms with Crippen LogP contribution in [0.25, 0.3) is 0 Å². The van der Waals surface area contributed by atoms with Crippen LogP contribution in [-0.4, -0.2) is 13.1 Å². The molecule has 1 atom stereocenters. The highest BCUT2D eigenvalue weighted by molar-refractivity contribution is 6.36. The van der Waals surface area contributed by atoms with E-state index in [9.17, 15) is 4.79 Å². The Labute approximate surface area is 122 Å². The van der Waals surface area contributed by atoms with Crippen LogP contribution >= 0.6 is 23.2 Å². The molecule has 0 amide bonds. The van der Waals surface area contributed by atoms with Gasteiger partial charge in [-0.25, -0.2) is 4.79 Å². The second-order valence-corrected chi connectivity index (χ2v) is 5.30. The van der Waals surface area contributed by atoms with Crippen LogP contribution in [0.1, 0.15) is 24.8 Å². The zero-order valence-corrected chi connectivity index (χ0v) is 12.3. The van der Waals surface area contributed by atoms with Crippen LogP contribution in [0.15, 0.2) is 41.5 Å². The Balaban J connectivity index is 2.53. The van der Waals surface area contributed by atoms with E-state index in [1.54, 1.807) is 18.2 Å². The van der Waals surface area contributed by atoms with Crippen molar-refractivity contribution in [3.63, 3.8) is 0 Å². The molecule has 4 heteroatoms. The number of hydrogen-bond donors (Lipinski definition) is 0. The van der Waals surface area contributed by atoms with Crippen LogP contribution in [-0.2, 0) is 9.53 Å². The van der Waals surface area contributed by atoms with Crippen molar-refractivity contribution in [3.8, 4) is 0 Å². The van der Waals surface area contributed by atoms with Crippen LogP contribution in [0.4, 0.5) is 0 Å². The summed E-state index contributed by atoms with van der Waals surface area (Å²) in [5, 5.41) is 1.11. The fourth-order valence-corrected chi connectivity index (χ4v) is 2.85. The molecular formula is C15H14Cl2O2. The van der Waals surface area contributed by atoms with E-state index in [0.29, 0.717) is 15.6 Å². The van der Waals surface area contributed by atoms with Crippen molar-refractivity contribution in [1.29, 1.82) is 0 Å². The summed E-state index contributed by atoms with van der Waals surface area (Å²) in [7, 11) is 1.37. The van der Waals surface area contributed by atoms with Crippen LogP contribution in [0.5, 0.6) is 0 Å². The number of carbonyl (C=O) groups is 1. The molecule has 0 heterocycles. The van der Waals surface area contributed by atoms with Gasteiger partial charge in [0, 0.05) is 27.1 Å². The lowest BCUT2D eigenvalue weighted by Gasteiger charge is -2.22. The minimum atomic E-state index is -0.343. The van der Waals surface area contributed by atoms with E-state index in [-0.39, 0.29) is 11.9 Å². The molecule has 1 aliphatic rings. The maximum Gasteiger partial charge on any atom is 0.334 e. The van der Waals surface area contributed by atoms with Gasteiger partial charge in [0.15, 0.2) is 0 Å². The number of rotatable bonds is 2. The van der Waals surface area contributed by atoms with Gasteiger partial charge in [-0.3, -0.25) is 0 Å². The zero-order chi connectivity index (χ0) is 14.0. The lowest BCUT2D eigenvalue weighted by Crippen LogP contribution is -2.15. The van der Waals surface area contributed by atoms with E-state index in [1.807, 2.05) is 19.1 Å². The van der Waals surface area contributed by atoms with Gasteiger partial charge < -0.3 is 4.74 Å². The highest BCUT2D eigenvalue weighted by atomic mass is 35.5. The average molecular weight is 297 g/mol. The largest absolute Gasteiger partial charge is 0.466 e. The van der Waals surface area contributed by atoms with E-state index in [0.717, 1.165) is 12.0 Å². The highest BCUT2D eigenvalue weighted by Gasteiger charge is 2.27. The second-order valence-electron chi connectivity index (χ2n) is 4.48. The quantitative estimate of drug-likeness (QED) is 0.592. The number of carbonyl (C=O) groups excluding carboxylic acids is 1. The van der Waals surface area contributed by atoms with Crippen molar-refractivity contribution >= 4 is 29.2 Å². The smallest absolute Gasteiger partial charge is 0.334 e. The SMILES string of the molecule is COC(=O)C1=CCC(C)=CC1c1c(Cl)cccc1Cl. The standard InChI is InChI=1S/C15H14Cl2O2/c1-9-6-7-10(15(18)19-2)11(8-9)14-12(16)4-3-5-13(14)17/h3-5,7-8,11H,6H2,1-2H3. The van der Waals surface area contributed by atoms with Gasteiger partial charge in [0.05, 0.1) is 7.11 Å². The van der Waals surface area contributed by atoms with E-state index in [2.05, 4.69) is 0 Å². The summed E-state index contributed by atoms with van der Waals surface area (Å²) in [5.41, 5.74) is 2.51. The summed E-state index contributed by atoms with van der Waals surface area (Å²) in [6.07, 6.45) is 4.63. The first-order valence-electron chi connectivity index (χ1n) is 5.94. The fraction of sp³-hybridized carbons (Fsp3) is 0.267. The minimum absolute atomic E-state index is 0.248. The molecule has 100 valence electrons. The first-order valence-corrected chi connectivity index (χ1v) is 6.69. The van der Waals surface area contributed by atoms with Crippen molar-refractivity contribution in [2.75, 3.05) is 7.11 Å². The molecule has 0 N–H and O–H groups in total. The van der Waals surface area contributed by atoms with Gasteiger partial charge in [0.1, 0.15) is 0 Å². The predicted octanol–water partition coefficient (Wildman–Crippen LogP) is 4.53. The van der Waals surface area contributed by atoms with E-state index < -0.39 is 0 Å². The molecule has 0 fully saturated rings. The van der Waals surface area contributed by atoms with Crippen LogP contribution in [0.3, 0.4) is 0 Å². The number of hydrogen-bond acceptors (Lipinski definition) is 2. The maximum absolute atomic E-state index is 11.9. The summed E-state index contributed by atoms with van der Waals surface area (Å²) >= 11 is 12.5. The Kier molecular flexibility index (Phi) is 4.33. The summed E-state index contributed by atoms with van der Waals surface area (Å²) in [5.74, 6) is -0.591. The Morgan fingerprint density at radius 3 is 2.53 bits per heavy atom. The third kappa shape index (κ3) is 2.85. The summed E-state index contributed by atoms with van der Waals surface area (Å²) in [6.45, 7) is 2.02. The number of ether oxygens (including phenoxy) is 1. The number of esters is 1. The lowest BCUT2D eigenvalue weighted by atomic mass is 9.84. The van der Waals surface area contributed by atoms with Crippen molar-refractivity contribution < 1.29 is 9.53 Å². The Bertz CT molecular complexity index is 553. The van der Waals surface area contributed by atoms with Crippen molar-refractivity contribution in [3.05, 3.63) is 57.1 Å². The predicted molar refractivity (Wildman–Crippen MR) is 77.7 cm³/mol. The first kappa shape index (κ1) is 14.2. The second kappa shape index (κ2) is 5.81. The van der Waals surface area contributed by atoms with E-state index in [4.69, 9.17) is 27.9 Å². The number of benzene rings is 1. The van der Waals surface area contributed by atoms with Gasteiger partial charge in [-0.05, 0) is 25.5 Å². The molecule has 0 aliphatic heterocycles. The molecule has 0 bridgehead atoms. The lowest BCUT2D eigenvalue weighted by molar-refractivity contribution is -0.136. The molecule has 0 saturated heterocycles. The van der Waals surface area contributed by atoms with Crippen LogP contribution in [0, 0.1) is 0 Å². The van der Waals surface area contributed by atoms with Crippen LogP contribution in [0.2, 0.25) is 10.0 Å². The third-order valence-electron chi connectivity index (χ3n) is 3.16. The van der Waals surface area contributed by atoms with Gasteiger partial charge in [-0.1, -0.05) is 47.0 Å². The van der Waals surface area contributed by atoms with Gasteiger partial charge in [0.2, 0.25) is 0 Å². The third-order valence-corrected chi connectivity index (χ3v) is 3.82. The van der Waals surface area contributed by atoms with Crippen molar-refractivity contribution in [2.45, 2.75) is 19.3 Å². The van der Waals surface area contributed by atoms with E-state index in [1.165, 1.54) is 12.7 Å². The number of halogens is 2. The van der Waals surface area contributed by atoms with Crippen molar-refractivity contribution in [1.82, 2.24) is 0 Å². The molecule has 2 rings (SSSR count). The van der Waals surface area contributed by atoms with Gasteiger partial charge in [-0.15, -0.1) is 0 Å². The maximum atomic E-state index is 11.9. The zero-order valence-electron chi connectivity index (χ0n) is 10.7. The molecule has 0 aromatic heterocycles. The normalized spacial score (nSPS) is 18.6. The molecule has 0 spiro atoms. The number of methoxy groups -OCH3 is 1. The fourth-order valence-electron chi connectivity index (χ4n) is 2.22. The molecule has 2 nitrogen and oxygen atoms in total. The first-order chi connectivity index (χ1) is 9.04. The Morgan fingerprint density at radius 1 is 1.32 bits per heavy atom. The van der Waals surface area contributed by atoms with Gasteiger partial charge >= 0.3 is 5.97 Å². The molecule has 19 heavy (non-hydrogen) atoms. The molecule has 1 unspecified atom stereocenters. The van der Waals surface area contributed by atoms with Crippen LogP contribution < -0.4 is 0 Å². The van der Waals surface area contributed by atoms with Crippen molar-refractivity contribution in [2.24, 2.45) is 0 Å². The average Bonchev–Trinajstić information content (AvgIpc) is 2.38. The molecule has 1 aromatic carbocycles. The van der Waals surface area contributed by atoms with Gasteiger partial charge in [0.25, 0.3) is 0 Å². The Hall–Kier alpha value is -1.25. The monoisotopic (exact) mass is 296 g/mol. The molecule has 1 aliphatic carbocycles. The molecule has 1 aromatic rings.